The molecule has 0 spiro atoms. The van der Waals surface area contributed by atoms with E-state index in [9.17, 15) is 22.7 Å². The van der Waals surface area contributed by atoms with E-state index in [0.29, 0.717) is 16.8 Å². The zero-order valence-corrected chi connectivity index (χ0v) is 18.1. The molecule has 7 nitrogen and oxygen atoms in total. The monoisotopic (exact) mass is 446 g/mol. The van der Waals surface area contributed by atoms with E-state index in [4.69, 9.17) is 4.74 Å². The van der Waals surface area contributed by atoms with Crippen LogP contribution in [0.3, 0.4) is 0 Å². The number of ether oxygens (including phenoxy) is 1. The van der Waals surface area contributed by atoms with Crippen LogP contribution in [-0.4, -0.2) is 42.3 Å². The molecule has 3 rings (SSSR count). The van der Waals surface area contributed by atoms with E-state index in [-0.39, 0.29) is 23.2 Å². The molecule has 1 N–H and O–H groups in total. The first-order valence-corrected chi connectivity index (χ1v) is 11.5. The Bertz CT molecular complexity index is 1220. The molecule has 9 heteroatoms. The first kappa shape index (κ1) is 22.6. The van der Waals surface area contributed by atoms with Gasteiger partial charge in [0.1, 0.15) is 12.4 Å². The van der Waals surface area contributed by atoms with Gasteiger partial charge in [0.15, 0.2) is 15.6 Å². The molecule has 0 radical (unpaired) electrons. The second-order valence-electron chi connectivity index (χ2n) is 7.50. The van der Waals surface area contributed by atoms with Crippen LogP contribution in [0.15, 0.2) is 64.4 Å². The lowest BCUT2D eigenvalue weighted by atomic mass is 10.1. The number of rotatable bonds is 7. The molecule has 31 heavy (non-hydrogen) atoms. The Balaban J connectivity index is 2.10. The van der Waals surface area contributed by atoms with Crippen LogP contribution in [0.4, 0.5) is 4.39 Å². The van der Waals surface area contributed by atoms with Crippen molar-refractivity contribution in [2.45, 2.75) is 24.8 Å². The molecule has 164 valence electrons. The molecule has 0 amide bonds. The second kappa shape index (κ2) is 8.99. The highest BCUT2D eigenvalue weighted by atomic mass is 32.2. The van der Waals surface area contributed by atoms with Crippen molar-refractivity contribution in [3.8, 4) is 22.6 Å². The molecule has 0 saturated carbocycles. The van der Waals surface area contributed by atoms with Crippen LogP contribution in [0, 0.1) is 11.7 Å². The molecule has 0 aliphatic rings. The van der Waals surface area contributed by atoms with E-state index in [0.717, 1.165) is 10.9 Å². The number of hydrogen-bond donors (Lipinski definition) is 1. The Morgan fingerprint density at radius 1 is 1.10 bits per heavy atom. The molecular formula is C22H23FN2O5S. The summed E-state index contributed by atoms with van der Waals surface area (Å²) in [5.74, 6) is -0.583. The van der Waals surface area contributed by atoms with Crippen molar-refractivity contribution in [3.05, 3.63) is 70.9 Å². The van der Waals surface area contributed by atoms with Gasteiger partial charge in [-0.25, -0.2) is 12.8 Å². The van der Waals surface area contributed by atoms with Gasteiger partial charge < -0.3 is 9.84 Å². The van der Waals surface area contributed by atoms with Crippen molar-refractivity contribution in [3.63, 3.8) is 0 Å². The molecule has 0 unspecified atom stereocenters. The van der Waals surface area contributed by atoms with E-state index < -0.39 is 27.3 Å². The van der Waals surface area contributed by atoms with Crippen LogP contribution >= 0.6 is 0 Å². The van der Waals surface area contributed by atoms with Crippen LogP contribution in [0.2, 0.25) is 0 Å². The van der Waals surface area contributed by atoms with E-state index in [1.54, 1.807) is 12.1 Å². The molecular weight excluding hydrogens is 423 g/mol. The number of benzene rings is 2. The summed E-state index contributed by atoms with van der Waals surface area (Å²) in [6.07, 6.45) is 1.72. The van der Waals surface area contributed by atoms with Gasteiger partial charge in [-0.15, -0.1) is 0 Å². The molecule has 0 aliphatic carbocycles. The summed E-state index contributed by atoms with van der Waals surface area (Å²) in [6, 6.07) is 11.2. The van der Waals surface area contributed by atoms with Gasteiger partial charge in [-0.1, -0.05) is 26.0 Å². The lowest BCUT2D eigenvalue weighted by Crippen LogP contribution is -2.28. The maximum atomic E-state index is 13.3. The summed E-state index contributed by atoms with van der Waals surface area (Å²) >= 11 is 0. The number of sulfone groups is 1. The highest BCUT2D eigenvalue weighted by Gasteiger charge is 2.19. The van der Waals surface area contributed by atoms with Gasteiger partial charge in [0.05, 0.1) is 22.9 Å². The molecule has 1 heterocycles. The minimum absolute atomic E-state index is 0.0499. The van der Waals surface area contributed by atoms with Crippen LogP contribution in [-0.2, 0) is 9.84 Å². The normalized spacial score (nSPS) is 12.7. The summed E-state index contributed by atoms with van der Waals surface area (Å²) in [5, 5.41) is 14.3. The zero-order valence-electron chi connectivity index (χ0n) is 17.3. The maximum Gasteiger partial charge on any atom is 0.314 e. The Hall–Kier alpha value is -3.04. The van der Waals surface area contributed by atoms with Crippen molar-refractivity contribution in [1.82, 2.24) is 9.78 Å². The molecule has 0 aliphatic heterocycles. The Kier molecular flexibility index (Phi) is 6.56. The third-order valence-corrected chi connectivity index (χ3v) is 5.89. The van der Waals surface area contributed by atoms with Gasteiger partial charge in [0.25, 0.3) is 0 Å². The van der Waals surface area contributed by atoms with Crippen LogP contribution in [0.5, 0.6) is 5.75 Å². The second-order valence-corrected chi connectivity index (χ2v) is 9.52. The van der Waals surface area contributed by atoms with Gasteiger partial charge in [0.2, 0.25) is 0 Å². The van der Waals surface area contributed by atoms with E-state index in [2.05, 4.69) is 5.10 Å². The number of aliphatic hydroxyl groups excluding tert-OH is 1. The predicted molar refractivity (Wildman–Crippen MR) is 115 cm³/mol. The highest BCUT2D eigenvalue weighted by Crippen LogP contribution is 2.28. The standard InChI is InChI=1S/C22H23FN2O5S/c1-14(2)20(26)13-30-21-19(15-4-10-18(11-5-15)31(3,28)29)12-24-25(22(21)27)17-8-6-16(23)7-9-17/h4-12,14,20,26H,13H2,1-3H3/t20-/m0/s1. The van der Waals surface area contributed by atoms with E-state index in [1.807, 2.05) is 13.8 Å². The SMILES string of the molecule is CC(C)[C@@H](O)COc1c(-c2ccc(S(C)(=O)=O)cc2)cnn(-c2ccc(F)cc2)c1=O. The zero-order chi connectivity index (χ0) is 22.8. The first-order chi connectivity index (χ1) is 14.6. The van der Waals surface area contributed by atoms with Gasteiger partial charge in [-0.2, -0.15) is 9.78 Å². The Morgan fingerprint density at radius 3 is 2.26 bits per heavy atom. The van der Waals surface area contributed by atoms with Crippen molar-refractivity contribution >= 4 is 9.84 Å². The molecule has 3 aromatic rings. The smallest absolute Gasteiger partial charge is 0.314 e. The topological polar surface area (TPSA) is 98.5 Å². The molecule has 1 atom stereocenters. The van der Waals surface area contributed by atoms with E-state index in [1.165, 1.54) is 42.6 Å². The Morgan fingerprint density at radius 2 is 1.71 bits per heavy atom. The summed E-state index contributed by atoms with van der Waals surface area (Å²) in [6.45, 7) is 3.53. The van der Waals surface area contributed by atoms with E-state index >= 15 is 0 Å². The van der Waals surface area contributed by atoms with Crippen LogP contribution in [0.1, 0.15) is 13.8 Å². The summed E-state index contributed by atoms with van der Waals surface area (Å²) < 4.78 is 43.5. The number of aromatic nitrogens is 2. The van der Waals surface area contributed by atoms with Crippen molar-refractivity contribution in [2.75, 3.05) is 12.9 Å². The molecule has 0 saturated heterocycles. The quantitative estimate of drug-likeness (QED) is 0.599. The van der Waals surface area contributed by atoms with Crippen molar-refractivity contribution < 1.29 is 22.7 Å². The summed E-state index contributed by atoms with van der Waals surface area (Å²) in [5.41, 5.74) is 0.628. The van der Waals surface area contributed by atoms with Crippen LogP contribution in [0.25, 0.3) is 16.8 Å². The van der Waals surface area contributed by atoms with Crippen LogP contribution < -0.4 is 10.3 Å². The summed E-state index contributed by atoms with van der Waals surface area (Å²) in [7, 11) is -3.37. The lowest BCUT2D eigenvalue weighted by molar-refractivity contribution is 0.0695. The molecule has 0 bridgehead atoms. The number of halogens is 1. The third kappa shape index (κ3) is 5.18. The minimum Gasteiger partial charge on any atom is -0.485 e. The number of hydrogen-bond acceptors (Lipinski definition) is 6. The first-order valence-electron chi connectivity index (χ1n) is 9.57. The average molecular weight is 447 g/mol. The van der Waals surface area contributed by atoms with Gasteiger partial charge in [0, 0.05) is 11.8 Å². The minimum atomic E-state index is -3.37. The fraction of sp³-hybridized carbons (Fsp3) is 0.273. The number of aliphatic hydroxyl groups is 1. The van der Waals surface area contributed by atoms with Gasteiger partial charge in [-0.05, 0) is 47.9 Å². The maximum absolute atomic E-state index is 13.3. The summed E-state index contributed by atoms with van der Waals surface area (Å²) in [4.78, 5) is 13.3. The average Bonchev–Trinajstić information content (AvgIpc) is 2.72. The Labute approximate surface area is 179 Å². The van der Waals surface area contributed by atoms with Gasteiger partial charge >= 0.3 is 5.56 Å². The number of nitrogens with zero attached hydrogens (tertiary/aromatic N) is 2. The van der Waals surface area contributed by atoms with Crippen molar-refractivity contribution in [2.24, 2.45) is 5.92 Å². The predicted octanol–water partition coefficient (Wildman–Crippen LogP) is 2.84. The molecule has 1 aromatic heterocycles. The highest BCUT2D eigenvalue weighted by molar-refractivity contribution is 7.90. The fourth-order valence-electron chi connectivity index (χ4n) is 2.79. The van der Waals surface area contributed by atoms with Crippen molar-refractivity contribution in [1.29, 1.82) is 0 Å². The largest absolute Gasteiger partial charge is 0.485 e. The molecule has 2 aromatic carbocycles. The molecule has 0 fully saturated rings. The third-order valence-electron chi connectivity index (χ3n) is 4.77. The van der Waals surface area contributed by atoms with Gasteiger partial charge in [-0.3, -0.25) is 4.79 Å². The lowest BCUT2D eigenvalue weighted by Gasteiger charge is -2.18. The fourth-order valence-corrected chi connectivity index (χ4v) is 3.42.